The minimum atomic E-state index is 0.766. The molecule has 0 aliphatic heterocycles. The molecule has 0 fully saturated rings. The van der Waals surface area contributed by atoms with Gasteiger partial charge in [-0.3, -0.25) is 0 Å². The topological polar surface area (TPSA) is 41.3 Å². The third-order valence-electron chi connectivity index (χ3n) is 3.51. The lowest BCUT2D eigenvalue weighted by molar-refractivity contribution is 0.239. The van der Waals surface area contributed by atoms with Crippen LogP contribution in [-0.4, -0.2) is 44.2 Å². The average Bonchev–Trinajstić information content (AvgIpc) is 2.34. The van der Waals surface area contributed by atoms with Crippen molar-refractivity contribution in [3.8, 4) is 0 Å². The summed E-state index contributed by atoms with van der Waals surface area (Å²) in [5.41, 5.74) is 5.66. The van der Waals surface area contributed by atoms with Crippen LogP contribution in [0.15, 0.2) is 0 Å². The molecule has 0 aromatic heterocycles. The molecule has 0 aromatic rings. The molecule has 0 rings (SSSR count). The molecule has 3 nitrogen and oxygen atoms in total. The van der Waals surface area contributed by atoms with Gasteiger partial charge in [0.15, 0.2) is 0 Å². The summed E-state index contributed by atoms with van der Waals surface area (Å²) in [4.78, 5) is 2.48. The summed E-state index contributed by atoms with van der Waals surface area (Å²) in [5.74, 6) is 1.56. The van der Waals surface area contributed by atoms with E-state index in [1.807, 2.05) is 0 Å². The fraction of sp³-hybridized carbons (Fsp3) is 1.00. The minimum Gasteiger partial charge on any atom is -0.329 e. The van der Waals surface area contributed by atoms with Gasteiger partial charge in [0.2, 0.25) is 0 Å². The largest absolute Gasteiger partial charge is 0.329 e. The fourth-order valence-electron chi connectivity index (χ4n) is 1.78. The van der Waals surface area contributed by atoms with Gasteiger partial charge in [-0.15, -0.1) is 0 Å². The predicted molar refractivity (Wildman–Crippen MR) is 77.3 cm³/mol. The van der Waals surface area contributed by atoms with Gasteiger partial charge in [0.05, 0.1) is 0 Å². The van der Waals surface area contributed by atoms with E-state index in [1.165, 1.54) is 19.4 Å². The average molecular weight is 243 g/mol. The molecule has 17 heavy (non-hydrogen) atoms. The normalized spacial score (nSPS) is 15.2. The highest BCUT2D eigenvalue weighted by Gasteiger charge is 2.08. The smallest absolute Gasteiger partial charge is 0.0107 e. The summed E-state index contributed by atoms with van der Waals surface area (Å²) in [5, 5.41) is 3.53. The van der Waals surface area contributed by atoms with Crippen molar-refractivity contribution in [2.24, 2.45) is 17.6 Å². The Morgan fingerprint density at radius 3 is 2.24 bits per heavy atom. The van der Waals surface area contributed by atoms with Crippen LogP contribution in [0, 0.1) is 11.8 Å². The van der Waals surface area contributed by atoms with Crippen LogP contribution in [0.25, 0.3) is 0 Å². The maximum Gasteiger partial charge on any atom is 0.0107 e. The maximum atomic E-state index is 5.66. The van der Waals surface area contributed by atoms with Crippen LogP contribution in [-0.2, 0) is 0 Å². The molecule has 104 valence electrons. The van der Waals surface area contributed by atoms with E-state index in [1.54, 1.807) is 0 Å². The van der Waals surface area contributed by atoms with Gasteiger partial charge in [0.1, 0.15) is 0 Å². The van der Waals surface area contributed by atoms with Crippen molar-refractivity contribution in [2.45, 2.75) is 40.5 Å². The second kappa shape index (κ2) is 11.0. The summed E-state index contributed by atoms with van der Waals surface area (Å²) in [7, 11) is 0. The molecule has 0 spiro atoms. The summed E-state index contributed by atoms with van der Waals surface area (Å²) < 4.78 is 0. The van der Waals surface area contributed by atoms with E-state index in [4.69, 9.17) is 5.73 Å². The zero-order chi connectivity index (χ0) is 13.1. The van der Waals surface area contributed by atoms with Gasteiger partial charge in [-0.05, 0) is 18.4 Å². The van der Waals surface area contributed by atoms with E-state index in [-0.39, 0.29) is 0 Å². The van der Waals surface area contributed by atoms with Gasteiger partial charge < -0.3 is 16.0 Å². The summed E-state index contributed by atoms with van der Waals surface area (Å²) in [6.45, 7) is 15.4. The summed E-state index contributed by atoms with van der Waals surface area (Å²) in [6.07, 6.45) is 2.51. The Hall–Kier alpha value is -0.120. The predicted octanol–water partition coefficient (Wildman–Crippen LogP) is 1.93. The maximum absolute atomic E-state index is 5.66. The van der Waals surface area contributed by atoms with Crippen LogP contribution in [0.5, 0.6) is 0 Å². The first-order valence-electron chi connectivity index (χ1n) is 7.27. The van der Waals surface area contributed by atoms with E-state index in [9.17, 15) is 0 Å². The number of hydrogen-bond donors (Lipinski definition) is 2. The third-order valence-corrected chi connectivity index (χ3v) is 3.51. The number of nitrogens with two attached hydrogens (primary N) is 1. The molecule has 0 saturated carbocycles. The monoisotopic (exact) mass is 243 g/mol. The Morgan fingerprint density at radius 2 is 1.71 bits per heavy atom. The van der Waals surface area contributed by atoms with Crippen molar-refractivity contribution in [3.63, 3.8) is 0 Å². The quantitative estimate of drug-likeness (QED) is 0.545. The van der Waals surface area contributed by atoms with E-state index < -0.39 is 0 Å². The van der Waals surface area contributed by atoms with E-state index >= 15 is 0 Å². The Labute approximate surface area is 108 Å². The lowest BCUT2D eigenvalue weighted by Crippen LogP contribution is -2.38. The van der Waals surface area contributed by atoms with Crippen molar-refractivity contribution in [2.75, 3.05) is 39.3 Å². The second-order valence-electron chi connectivity index (χ2n) is 5.32. The lowest BCUT2D eigenvalue weighted by Gasteiger charge is -2.25. The van der Waals surface area contributed by atoms with Gasteiger partial charge in [-0.1, -0.05) is 40.5 Å². The van der Waals surface area contributed by atoms with Crippen LogP contribution in [0.1, 0.15) is 40.5 Å². The molecular weight excluding hydrogens is 210 g/mol. The molecule has 3 heteroatoms. The number of hydrogen-bond acceptors (Lipinski definition) is 3. The first kappa shape index (κ1) is 16.9. The Kier molecular flexibility index (Phi) is 10.9. The Morgan fingerprint density at radius 1 is 1.06 bits per heavy atom. The molecule has 0 radical (unpaired) electrons. The van der Waals surface area contributed by atoms with E-state index in [0.29, 0.717) is 0 Å². The fourth-order valence-corrected chi connectivity index (χ4v) is 1.78. The van der Waals surface area contributed by atoms with Crippen LogP contribution < -0.4 is 11.1 Å². The van der Waals surface area contributed by atoms with E-state index in [2.05, 4.69) is 37.9 Å². The molecule has 0 amide bonds. The van der Waals surface area contributed by atoms with Crippen molar-refractivity contribution >= 4 is 0 Å². The molecule has 0 aliphatic carbocycles. The van der Waals surface area contributed by atoms with Crippen molar-refractivity contribution < 1.29 is 0 Å². The number of nitrogens with one attached hydrogen (secondary N) is 1. The van der Waals surface area contributed by atoms with Crippen LogP contribution in [0.3, 0.4) is 0 Å². The summed E-state index contributed by atoms with van der Waals surface area (Å²) >= 11 is 0. The standard InChI is InChI=1S/C14H33N3/c1-5-13(3)11-16-8-10-17(9-7-15)12-14(4)6-2/h13-14,16H,5-12,15H2,1-4H3. The first-order chi connectivity index (χ1) is 8.13. The van der Waals surface area contributed by atoms with E-state index in [0.717, 1.165) is 44.6 Å². The highest BCUT2D eigenvalue weighted by Crippen LogP contribution is 2.03. The van der Waals surface area contributed by atoms with Crippen molar-refractivity contribution in [1.82, 2.24) is 10.2 Å². The Bertz CT molecular complexity index is 162. The molecule has 2 unspecified atom stereocenters. The summed E-state index contributed by atoms with van der Waals surface area (Å²) in [6, 6.07) is 0. The first-order valence-corrected chi connectivity index (χ1v) is 7.27. The molecule has 2 atom stereocenters. The zero-order valence-corrected chi connectivity index (χ0v) is 12.3. The second-order valence-corrected chi connectivity index (χ2v) is 5.32. The number of nitrogens with zero attached hydrogens (tertiary/aromatic N) is 1. The molecule has 0 saturated heterocycles. The molecule has 3 N–H and O–H groups in total. The molecule has 0 aliphatic rings. The van der Waals surface area contributed by atoms with Crippen LogP contribution in [0.2, 0.25) is 0 Å². The third kappa shape index (κ3) is 9.57. The molecule has 0 bridgehead atoms. The molecule has 0 heterocycles. The van der Waals surface area contributed by atoms with Crippen LogP contribution in [0.4, 0.5) is 0 Å². The van der Waals surface area contributed by atoms with Crippen LogP contribution >= 0.6 is 0 Å². The van der Waals surface area contributed by atoms with Gasteiger partial charge in [0.25, 0.3) is 0 Å². The minimum absolute atomic E-state index is 0.766. The van der Waals surface area contributed by atoms with Gasteiger partial charge >= 0.3 is 0 Å². The SMILES string of the molecule is CCC(C)CNCCN(CCN)CC(C)CC. The molecule has 0 aromatic carbocycles. The van der Waals surface area contributed by atoms with Gasteiger partial charge in [-0.2, -0.15) is 0 Å². The lowest BCUT2D eigenvalue weighted by atomic mass is 10.1. The Balaban J connectivity index is 3.69. The number of rotatable bonds is 11. The van der Waals surface area contributed by atoms with Crippen molar-refractivity contribution in [1.29, 1.82) is 0 Å². The highest BCUT2D eigenvalue weighted by molar-refractivity contribution is 4.65. The highest BCUT2D eigenvalue weighted by atomic mass is 15.1. The van der Waals surface area contributed by atoms with Gasteiger partial charge in [-0.25, -0.2) is 0 Å². The van der Waals surface area contributed by atoms with Crippen molar-refractivity contribution in [3.05, 3.63) is 0 Å². The zero-order valence-electron chi connectivity index (χ0n) is 12.3. The molecular formula is C14H33N3. The van der Waals surface area contributed by atoms with Gasteiger partial charge in [0, 0.05) is 32.7 Å².